The molecule has 0 amide bonds. The molecule has 1 atom stereocenters. The standard InChI is InChI=1S/C16H23N3O2.2ClH/c1-3-21-15-5-4-13(12-16(15)20-2)14(6-7-17)19-10-8-18-9-11-19;;/h4-5,12,14,18H,3,6,8-11H2,1-2H3;2*1H/t14-;;/m1../s1. The van der Waals surface area contributed by atoms with Crippen molar-refractivity contribution in [2.75, 3.05) is 39.9 Å². The number of hydrogen-bond acceptors (Lipinski definition) is 5. The van der Waals surface area contributed by atoms with Crippen LogP contribution in [0.4, 0.5) is 0 Å². The fourth-order valence-electron chi connectivity index (χ4n) is 2.70. The summed E-state index contributed by atoms with van der Waals surface area (Å²) in [5.41, 5.74) is 1.11. The number of nitrogens with one attached hydrogen (secondary N) is 1. The number of rotatable bonds is 6. The van der Waals surface area contributed by atoms with Crippen LogP contribution in [-0.4, -0.2) is 44.8 Å². The van der Waals surface area contributed by atoms with E-state index in [-0.39, 0.29) is 30.9 Å². The van der Waals surface area contributed by atoms with Crippen molar-refractivity contribution >= 4 is 24.8 Å². The van der Waals surface area contributed by atoms with E-state index in [1.807, 2.05) is 25.1 Å². The second kappa shape index (κ2) is 11.4. The molecule has 1 aromatic carbocycles. The molecule has 0 spiro atoms. The summed E-state index contributed by atoms with van der Waals surface area (Å²) in [5.74, 6) is 1.48. The summed E-state index contributed by atoms with van der Waals surface area (Å²) in [5, 5.41) is 12.5. The van der Waals surface area contributed by atoms with Crippen molar-refractivity contribution in [1.82, 2.24) is 10.2 Å². The predicted molar refractivity (Wildman–Crippen MR) is 96.1 cm³/mol. The van der Waals surface area contributed by atoms with Crippen LogP contribution < -0.4 is 14.8 Å². The second-order valence-electron chi connectivity index (χ2n) is 5.01. The van der Waals surface area contributed by atoms with E-state index in [0.29, 0.717) is 13.0 Å². The van der Waals surface area contributed by atoms with Crippen molar-refractivity contribution < 1.29 is 9.47 Å². The third-order valence-electron chi connectivity index (χ3n) is 3.75. The van der Waals surface area contributed by atoms with E-state index in [1.54, 1.807) is 7.11 Å². The van der Waals surface area contributed by atoms with E-state index in [2.05, 4.69) is 16.3 Å². The summed E-state index contributed by atoms with van der Waals surface area (Å²) < 4.78 is 11.0. The zero-order chi connectivity index (χ0) is 15.1. The molecule has 1 aliphatic heterocycles. The number of methoxy groups -OCH3 is 1. The molecule has 1 N–H and O–H groups in total. The first-order valence-corrected chi connectivity index (χ1v) is 7.42. The van der Waals surface area contributed by atoms with Crippen LogP contribution in [0, 0.1) is 11.3 Å². The van der Waals surface area contributed by atoms with Crippen LogP contribution in [0.3, 0.4) is 0 Å². The molecule has 1 aliphatic rings. The first kappa shape index (κ1) is 21.8. The minimum Gasteiger partial charge on any atom is -0.493 e. The second-order valence-corrected chi connectivity index (χ2v) is 5.01. The largest absolute Gasteiger partial charge is 0.493 e. The topological polar surface area (TPSA) is 57.5 Å². The summed E-state index contributed by atoms with van der Waals surface area (Å²) in [6.07, 6.45) is 0.483. The van der Waals surface area contributed by atoms with Gasteiger partial charge < -0.3 is 14.8 Å². The smallest absolute Gasteiger partial charge is 0.161 e. The molecule has 7 heteroatoms. The normalized spacial score (nSPS) is 15.5. The summed E-state index contributed by atoms with van der Waals surface area (Å²) in [4.78, 5) is 2.36. The third-order valence-corrected chi connectivity index (χ3v) is 3.75. The number of halogens is 2. The fraction of sp³-hybridized carbons (Fsp3) is 0.562. The number of benzene rings is 1. The van der Waals surface area contributed by atoms with Gasteiger partial charge in [0, 0.05) is 32.2 Å². The lowest BCUT2D eigenvalue weighted by molar-refractivity contribution is 0.175. The van der Waals surface area contributed by atoms with Crippen LogP contribution in [0.1, 0.15) is 24.9 Å². The van der Waals surface area contributed by atoms with Gasteiger partial charge in [-0.05, 0) is 24.6 Å². The van der Waals surface area contributed by atoms with E-state index in [0.717, 1.165) is 43.2 Å². The highest BCUT2D eigenvalue weighted by atomic mass is 35.5. The lowest BCUT2D eigenvalue weighted by atomic mass is 10.0. The molecule has 23 heavy (non-hydrogen) atoms. The lowest BCUT2D eigenvalue weighted by Gasteiger charge is -2.34. The first-order chi connectivity index (χ1) is 10.3. The summed E-state index contributed by atoms with van der Waals surface area (Å²) >= 11 is 0. The Morgan fingerprint density at radius 2 is 1.96 bits per heavy atom. The molecule has 5 nitrogen and oxygen atoms in total. The molecule has 1 fully saturated rings. The Balaban J connectivity index is 0.00000242. The van der Waals surface area contributed by atoms with Gasteiger partial charge in [0.05, 0.1) is 26.2 Å². The Labute approximate surface area is 150 Å². The van der Waals surface area contributed by atoms with Crippen LogP contribution in [0.25, 0.3) is 0 Å². The number of ether oxygens (including phenoxy) is 2. The number of hydrogen-bond donors (Lipinski definition) is 1. The van der Waals surface area contributed by atoms with Gasteiger partial charge in [0.25, 0.3) is 0 Å². The molecule has 0 unspecified atom stereocenters. The van der Waals surface area contributed by atoms with Gasteiger partial charge in [0.15, 0.2) is 11.5 Å². The van der Waals surface area contributed by atoms with Crippen LogP contribution in [-0.2, 0) is 0 Å². The summed E-state index contributed by atoms with van der Waals surface area (Å²) in [6.45, 7) is 6.41. The van der Waals surface area contributed by atoms with Gasteiger partial charge in [-0.15, -0.1) is 24.8 Å². The molecule has 0 saturated carbocycles. The average Bonchev–Trinajstić information content (AvgIpc) is 2.54. The van der Waals surface area contributed by atoms with Crippen molar-refractivity contribution in [3.05, 3.63) is 23.8 Å². The quantitative estimate of drug-likeness (QED) is 0.843. The van der Waals surface area contributed by atoms with Crippen molar-refractivity contribution in [2.45, 2.75) is 19.4 Å². The minimum atomic E-state index is 0. The molecule has 1 saturated heterocycles. The molecule has 0 bridgehead atoms. The minimum absolute atomic E-state index is 0. The maximum atomic E-state index is 9.15. The Bertz CT molecular complexity index is 503. The van der Waals surface area contributed by atoms with Crippen molar-refractivity contribution in [3.63, 3.8) is 0 Å². The van der Waals surface area contributed by atoms with E-state index in [1.165, 1.54) is 0 Å². The van der Waals surface area contributed by atoms with Gasteiger partial charge in [0.2, 0.25) is 0 Å². The maximum absolute atomic E-state index is 9.15. The molecule has 0 aromatic heterocycles. The van der Waals surface area contributed by atoms with Gasteiger partial charge in [-0.2, -0.15) is 5.26 Å². The Morgan fingerprint density at radius 1 is 1.26 bits per heavy atom. The summed E-state index contributed by atoms with van der Waals surface area (Å²) in [7, 11) is 1.64. The molecular weight excluding hydrogens is 337 g/mol. The van der Waals surface area contributed by atoms with Crippen molar-refractivity contribution in [3.8, 4) is 17.6 Å². The third kappa shape index (κ3) is 5.74. The monoisotopic (exact) mass is 361 g/mol. The molecule has 0 aliphatic carbocycles. The SMILES string of the molecule is CCOc1ccc([C@@H](CC#N)N2CCNCC2)cc1OC.Cl.Cl. The van der Waals surface area contributed by atoms with Crippen LogP contribution in [0.5, 0.6) is 11.5 Å². The summed E-state index contributed by atoms with van der Waals surface area (Å²) in [6, 6.07) is 8.39. The zero-order valence-corrected chi connectivity index (χ0v) is 15.2. The highest BCUT2D eigenvalue weighted by Gasteiger charge is 2.23. The highest BCUT2D eigenvalue weighted by molar-refractivity contribution is 5.85. The molecule has 1 aromatic rings. The average molecular weight is 362 g/mol. The van der Waals surface area contributed by atoms with Gasteiger partial charge in [-0.1, -0.05) is 6.07 Å². The van der Waals surface area contributed by atoms with E-state index in [9.17, 15) is 0 Å². The van der Waals surface area contributed by atoms with Gasteiger partial charge >= 0.3 is 0 Å². The van der Waals surface area contributed by atoms with Crippen molar-refractivity contribution in [2.24, 2.45) is 0 Å². The number of nitriles is 1. The number of piperazine rings is 1. The Kier molecular flexibility index (Phi) is 10.8. The molecule has 0 radical (unpaired) electrons. The lowest BCUT2D eigenvalue weighted by Crippen LogP contribution is -2.45. The van der Waals surface area contributed by atoms with Gasteiger partial charge in [-0.25, -0.2) is 0 Å². The van der Waals surface area contributed by atoms with Crippen LogP contribution in [0.2, 0.25) is 0 Å². The maximum Gasteiger partial charge on any atom is 0.161 e. The molecule has 1 heterocycles. The molecule has 2 rings (SSSR count). The predicted octanol–water partition coefficient (Wildman–Crippen LogP) is 2.80. The fourth-order valence-corrected chi connectivity index (χ4v) is 2.70. The Hall–Kier alpha value is -1.19. The van der Waals surface area contributed by atoms with Crippen molar-refractivity contribution in [1.29, 1.82) is 5.26 Å². The zero-order valence-electron chi connectivity index (χ0n) is 13.6. The van der Waals surface area contributed by atoms with Crippen LogP contribution >= 0.6 is 24.8 Å². The first-order valence-electron chi connectivity index (χ1n) is 7.42. The Morgan fingerprint density at radius 3 is 2.52 bits per heavy atom. The molecular formula is C16H25Cl2N3O2. The van der Waals surface area contributed by atoms with Gasteiger partial charge in [-0.3, -0.25) is 4.90 Å². The van der Waals surface area contributed by atoms with E-state index in [4.69, 9.17) is 14.7 Å². The van der Waals surface area contributed by atoms with Crippen LogP contribution in [0.15, 0.2) is 18.2 Å². The van der Waals surface area contributed by atoms with E-state index < -0.39 is 0 Å². The molecule has 130 valence electrons. The highest BCUT2D eigenvalue weighted by Crippen LogP contribution is 2.33. The van der Waals surface area contributed by atoms with E-state index >= 15 is 0 Å². The van der Waals surface area contributed by atoms with Gasteiger partial charge in [0.1, 0.15) is 0 Å². The number of nitrogens with zero attached hydrogens (tertiary/aromatic N) is 2.